The normalized spacial score (nSPS) is 10.0. The minimum absolute atomic E-state index is 0.0484. The Balaban J connectivity index is 2.43. The number of aliphatic carboxylic acids is 1. The minimum Gasteiger partial charge on any atom is -0.481 e. The van der Waals surface area contributed by atoms with E-state index in [0.29, 0.717) is 17.7 Å². The van der Waals surface area contributed by atoms with Crippen LogP contribution in [0.4, 0.5) is 5.69 Å². The highest BCUT2D eigenvalue weighted by atomic mass is 32.2. The summed E-state index contributed by atoms with van der Waals surface area (Å²) in [6.45, 7) is 0.0854. The van der Waals surface area contributed by atoms with Crippen LogP contribution >= 0.6 is 11.8 Å². The zero-order chi connectivity index (χ0) is 16.4. The third-order valence-electron chi connectivity index (χ3n) is 2.81. The first-order chi connectivity index (χ1) is 10.5. The maximum atomic E-state index is 11.7. The van der Waals surface area contributed by atoms with Gasteiger partial charge in [0.25, 0.3) is 5.91 Å². The van der Waals surface area contributed by atoms with Crippen LogP contribution in [-0.4, -0.2) is 41.4 Å². The van der Waals surface area contributed by atoms with Crippen LogP contribution in [0.2, 0.25) is 0 Å². The monoisotopic (exact) mass is 324 g/mol. The number of carboxylic acids is 1. The van der Waals surface area contributed by atoms with Gasteiger partial charge in [0.1, 0.15) is 0 Å². The van der Waals surface area contributed by atoms with Crippen molar-refractivity contribution in [2.24, 2.45) is 0 Å². The van der Waals surface area contributed by atoms with E-state index >= 15 is 0 Å². The summed E-state index contributed by atoms with van der Waals surface area (Å²) in [5, 5.41) is 13.8. The van der Waals surface area contributed by atoms with E-state index in [2.05, 4.69) is 10.6 Å². The van der Waals surface area contributed by atoms with Gasteiger partial charge in [0, 0.05) is 24.2 Å². The Labute approximate surface area is 133 Å². The Morgan fingerprint density at radius 3 is 2.41 bits per heavy atom. The predicted octanol–water partition coefficient (Wildman–Crippen LogP) is 1.97. The largest absolute Gasteiger partial charge is 0.481 e. The minimum atomic E-state index is -0.958. The lowest BCUT2D eigenvalue weighted by atomic mass is 10.2. The zero-order valence-corrected chi connectivity index (χ0v) is 13.2. The van der Waals surface area contributed by atoms with Crippen molar-refractivity contribution in [2.45, 2.75) is 19.3 Å². The molecule has 0 radical (unpaired) electrons. The summed E-state index contributed by atoms with van der Waals surface area (Å²) in [5.41, 5.74) is 1.06. The van der Waals surface area contributed by atoms with Gasteiger partial charge in [0.05, 0.1) is 6.42 Å². The lowest BCUT2D eigenvalue weighted by Crippen LogP contribution is -2.25. The molecule has 0 heterocycles. The highest BCUT2D eigenvalue weighted by molar-refractivity contribution is 7.98. The molecule has 0 saturated heterocycles. The number of nitrogens with one attached hydrogen (secondary N) is 2. The molecule has 0 unspecified atom stereocenters. The quantitative estimate of drug-likeness (QED) is 0.604. The van der Waals surface area contributed by atoms with E-state index in [4.69, 9.17) is 5.11 Å². The molecule has 2 amide bonds. The Morgan fingerprint density at radius 1 is 1.14 bits per heavy atom. The molecular weight excluding hydrogens is 304 g/mol. The number of thioether (sulfide) groups is 1. The van der Waals surface area contributed by atoms with E-state index in [9.17, 15) is 14.4 Å². The molecular formula is C15H20N2O4S. The first-order valence-corrected chi connectivity index (χ1v) is 8.31. The molecule has 7 heteroatoms. The molecule has 1 aromatic carbocycles. The second kappa shape index (κ2) is 9.83. The molecule has 0 aliphatic rings. The Bertz CT molecular complexity index is 517. The second-order valence-electron chi connectivity index (χ2n) is 4.62. The van der Waals surface area contributed by atoms with Crippen LogP contribution in [0.3, 0.4) is 0 Å². The summed E-state index contributed by atoms with van der Waals surface area (Å²) < 4.78 is 0. The van der Waals surface area contributed by atoms with Gasteiger partial charge in [-0.3, -0.25) is 14.4 Å². The fourth-order valence-electron chi connectivity index (χ4n) is 1.69. The first kappa shape index (κ1) is 18.0. The van der Waals surface area contributed by atoms with Gasteiger partial charge in [0.2, 0.25) is 5.91 Å². The molecule has 1 aromatic rings. The first-order valence-electron chi connectivity index (χ1n) is 6.91. The van der Waals surface area contributed by atoms with Gasteiger partial charge in [0.15, 0.2) is 0 Å². The van der Waals surface area contributed by atoms with Gasteiger partial charge in [-0.1, -0.05) is 0 Å². The SMILES string of the molecule is CSCCCC(=O)Nc1ccc(C(=O)NCCC(=O)O)cc1. The van der Waals surface area contributed by atoms with Crippen molar-refractivity contribution in [3.8, 4) is 0 Å². The lowest BCUT2D eigenvalue weighted by Gasteiger charge is -2.07. The van der Waals surface area contributed by atoms with Crippen molar-refractivity contribution in [2.75, 3.05) is 23.9 Å². The molecule has 1 rings (SSSR count). The Hall–Kier alpha value is -2.02. The van der Waals surface area contributed by atoms with Gasteiger partial charge in [-0.25, -0.2) is 0 Å². The van der Waals surface area contributed by atoms with Gasteiger partial charge >= 0.3 is 5.97 Å². The van der Waals surface area contributed by atoms with Crippen molar-refractivity contribution in [1.29, 1.82) is 0 Å². The summed E-state index contributed by atoms with van der Waals surface area (Å²) in [6.07, 6.45) is 3.18. The molecule has 22 heavy (non-hydrogen) atoms. The van der Waals surface area contributed by atoms with E-state index in [1.807, 2.05) is 6.26 Å². The molecule has 0 aliphatic carbocycles. The third kappa shape index (κ3) is 7.12. The summed E-state index contributed by atoms with van der Waals surface area (Å²) in [4.78, 5) is 33.8. The molecule has 3 N–H and O–H groups in total. The van der Waals surface area contributed by atoms with Crippen LogP contribution in [0.25, 0.3) is 0 Å². The molecule has 6 nitrogen and oxygen atoms in total. The third-order valence-corrected chi connectivity index (χ3v) is 3.50. The molecule has 0 saturated carbocycles. The number of rotatable bonds is 9. The van der Waals surface area contributed by atoms with Crippen LogP contribution < -0.4 is 10.6 Å². The molecule has 0 atom stereocenters. The number of carbonyl (C=O) groups excluding carboxylic acids is 2. The molecule has 0 spiro atoms. The average Bonchev–Trinajstić information content (AvgIpc) is 2.47. The van der Waals surface area contributed by atoms with Crippen molar-refractivity contribution in [3.63, 3.8) is 0 Å². The highest BCUT2D eigenvalue weighted by Crippen LogP contribution is 2.11. The van der Waals surface area contributed by atoms with E-state index in [1.165, 1.54) is 0 Å². The van der Waals surface area contributed by atoms with Crippen molar-refractivity contribution in [3.05, 3.63) is 29.8 Å². The molecule has 0 aliphatic heterocycles. The van der Waals surface area contributed by atoms with E-state index in [0.717, 1.165) is 12.2 Å². The lowest BCUT2D eigenvalue weighted by molar-refractivity contribution is -0.136. The van der Waals surface area contributed by atoms with Crippen LogP contribution in [0, 0.1) is 0 Å². The number of anilines is 1. The van der Waals surface area contributed by atoms with Gasteiger partial charge in [-0.05, 0) is 42.7 Å². The molecule has 0 bridgehead atoms. The van der Waals surface area contributed by atoms with Crippen molar-refractivity contribution < 1.29 is 19.5 Å². The summed E-state index contributed by atoms with van der Waals surface area (Å²) in [5.74, 6) is -0.394. The predicted molar refractivity (Wildman–Crippen MR) is 87.3 cm³/mol. The number of hydrogen-bond acceptors (Lipinski definition) is 4. The summed E-state index contributed by atoms with van der Waals surface area (Å²) in [6, 6.07) is 6.48. The fraction of sp³-hybridized carbons (Fsp3) is 0.400. The fourth-order valence-corrected chi connectivity index (χ4v) is 2.12. The number of hydrogen-bond donors (Lipinski definition) is 3. The maximum absolute atomic E-state index is 11.7. The average molecular weight is 324 g/mol. The summed E-state index contributed by atoms with van der Waals surface area (Å²) in [7, 11) is 0. The summed E-state index contributed by atoms with van der Waals surface area (Å²) >= 11 is 1.70. The van der Waals surface area contributed by atoms with Crippen LogP contribution in [0.15, 0.2) is 24.3 Å². The molecule has 120 valence electrons. The van der Waals surface area contributed by atoms with Crippen LogP contribution in [-0.2, 0) is 9.59 Å². The van der Waals surface area contributed by atoms with E-state index in [1.54, 1.807) is 36.0 Å². The van der Waals surface area contributed by atoms with E-state index < -0.39 is 5.97 Å². The Kier molecular flexibility index (Phi) is 8.06. The number of amides is 2. The van der Waals surface area contributed by atoms with Crippen molar-refractivity contribution >= 4 is 35.2 Å². The molecule has 0 fully saturated rings. The smallest absolute Gasteiger partial charge is 0.305 e. The van der Waals surface area contributed by atoms with Crippen LogP contribution in [0.1, 0.15) is 29.6 Å². The van der Waals surface area contributed by atoms with Gasteiger partial charge in [-0.2, -0.15) is 11.8 Å². The standard InChI is InChI=1S/C15H20N2O4S/c1-22-10-2-3-13(18)17-12-6-4-11(5-7-12)15(21)16-9-8-14(19)20/h4-7H,2-3,8-10H2,1H3,(H,16,21)(H,17,18)(H,19,20). The molecule has 0 aromatic heterocycles. The van der Waals surface area contributed by atoms with E-state index in [-0.39, 0.29) is 24.8 Å². The topological polar surface area (TPSA) is 95.5 Å². The highest BCUT2D eigenvalue weighted by Gasteiger charge is 2.07. The number of carbonyl (C=O) groups is 3. The maximum Gasteiger partial charge on any atom is 0.305 e. The van der Waals surface area contributed by atoms with Gasteiger partial charge < -0.3 is 15.7 Å². The Morgan fingerprint density at radius 2 is 1.82 bits per heavy atom. The van der Waals surface area contributed by atoms with Crippen molar-refractivity contribution in [1.82, 2.24) is 5.32 Å². The number of benzene rings is 1. The van der Waals surface area contributed by atoms with Gasteiger partial charge in [-0.15, -0.1) is 0 Å². The van der Waals surface area contributed by atoms with Crippen LogP contribution in [0.5, 0.6) is 0 Å². The number of carboxylic acid groups (broad SMARTS) is 1. The zero-order valence-electron chi connectivity index (χ0n) is 12.4. The second-order valence-corrected chi connectivity index (χ2v) is 5.61.